The van der Waals surface area contributed by atoms with Crippen LogP contribution in [0.25, 0.3) is 0 Å². The second-order valence-corrected chi connectivity index (χ2v) is 5.98. The summed E-state index contributed by atoms with van der Waals surface area (Å²) in [4.78, 5) is 4.66. The monoisotopic (exact) mass is 249 g/mol. The average molecular weight is 249 g/mol. The van der Waals surface area contributed by atoms with Crippen LogP contribution in [0.3, 0.4) is 0 Å². The molecule has 2 heterocycles. The molecule has 1 aliphatic heterocycles. The third kappa shape index (κ3) is 2.18. The van der Waals surface area contributed by atoms with Crippen LogP contribution >= 0.6 is 0 Å². The Morgan fingerprint density at radius 3 is 2.83 bits per heavy atom. The van der Waals surface area contributed by atoms with E-state index in [4.69, 9.17) is 4.52 Å². The maximum absolute atomic E-state index is 5.48. The Balaban J connectivity index is 1.66. The lowest BCUT2D eigenvalue weighted by Gasteiger charge is -2.30. The first kappa shape index (κ1) is 12.2. The largest absolute Gasteiger partial charge is 0.339 e. The van der Waals surface area contributed by atoms with Crippen molar-refractivity contribution >= 4 is 0 Å². The third-order valence-corrected chi connectivity index (χ3v) is 4.85. The highest BCUT2D eigenvalue weighted by Crippen LogP contribution is 2.39. The quantitative estimate of drug-likeness (QED) is 0.891. The maximum Gasteiger partial charge on any atom is 0.229 e. The molecule has 0 radical (unpaired) electrons. The average Bonchev–Trinajstić information content (AvgIpc) is 2.95. The van der Waals surface area contributed by atoms with E-state index >= 15 is 0 Å². The van der Waals surface area contributed by atoms with E-state index in [0.717, 1.165) is 30.7 Å². The van der Waals surface area contributed by atoms with Crippen LogP contribution in [0.15, 0.2) is 4.52 Å². The molecule has 18 heavy (non-hydrogen) atoms. The van der Waals surface area contributed by atoms with Crippen LogP contribution in [0.2, 0.25) is 0 Å². The zero-order chi connectivity index (χ0) is 12.5. The summed E-state index contributed by atoms with van der Waals surface area (Å²) in [6.07, 6.45) is 5.09. The van der Waals surface area contributed by atoms with E-state index in [-0.39, 0.29) is 0 Å². The van der Waals surface area contributed by atoms with Crippen LogP contribution in [-0.2, 0) is 0 Å². The predicted octanol–water partition coefficient (Wildman–Crippen LogP) is 2.69. The Hall–Kier alpha value is -0.900. The van der Waals surface area contributed by atoms with Gasteiger partial charge in [-0.2, -0.15) is 4.98 Å². The molecule has 3 rings (SSSR count). The number of rotatable bonds is 4. The third-order valence-electron chi connectivity index (χ3n) is 4.85. The van der Waals surface area contributed by atoms with Crippen molar-refractivity contribution in [1.29, 1.82) is 0 Å². The standard InChI is InChI=1S/C14H23N3O/c1-3-10-4-5-11(6-10)13-16-14(18-17-13)9(2)12-7-15-8-12/h9-12,15H,3-8H2,1-2H3. The van der Waals surface area contributed by atoms with Gasteiger partial charge in [0.2, 0.25) is 5.89 Å². The fraction of sp³-hybridized carbons (Fsp3) is 0.857. The van der Waals surface area contributed by atoms with Gasteiger partial charge in [-0.15, -0.1) is 0 Å². The van der Waals surface area contributed by atoms with Crippen molar-refractivity contribution in [2.75, 3.05) is 13.1 Å². The summed E-state index contributed by atoms with van der Waals surface area (Å²) in [5, 5.41) is 7.52. The van der Waals surface area contributed by atoms with Gasteiger partial charge in [0.25, 0.3) is 0 Å². The van der Waals surface area contributed by atoms with Gasteiger partial charge in [0, 0.05) is 11.8 Å². The second-order valence-electron chi connectivity index (χ2n) is 5.98. The number of aromatic nitrogens is 2. The minimum atomic E-state index is 0.399. The van der Waals surface area contributed by atoms with Gasteiger partial charge in [-0.3, -0.25) is 0 Å². The zero-order valence-corrected chi connectivity index (χ0v) is 11.4. The lowest BCUT2D eigenvalue weighted by atomic mass is 9.89. The molecule has 1 aliphatic carbocycles. The van der Waals surface area contributed by atoms with Crippen LogP contribution in [0.5, 0.6) is 0 Å². The first-order valence-electron chi connectivity index (χ1n) is 7.32. The van der Waals surface area contributed by atoms with Crippen molar-refractivity contribution in [2.45, 2.75) is 51.4 Å². The normalized spacial score (nSPS) is 30.3. The first-order valence-corrected chi connectivity index (χ1v) is 7.32. The highest BCUT2D eigenvalue weighted by Gasteiger charge is 2.32. The van der Waals surface area contributed by atoms with Crippen molar-refractivity contribution in [3.63, 3.8) is 0 Å². The van der Waals surface area contributed by atoms with Crippen LogP contribution in [0.1, 0.15) is 63.1 Å². The lowest BCUT2D eigenvalue weighted by molar-refractivity contribution is 0.252. The molecular formula is C14H23N3O. The van der Waals surface area contributed by atoms with Crippen molar-refractivity contribution < 1.29 is 4.52 Å². The molecule has 1 saturated heterocycles. The van der Waals surface area contributed by atoms with E-state index in [2.05, 4.69) is 29.3 Å². The van der Waals surface area contributed by atoms with Crippen LogP contribution in [-0.4, -0.2) is 23.2 Å². The summed E-state index contributed by atoms with van der Waals surface area (Å²) < 4.78 is 5.48. The molecule has 1 aromatic heterocycles. The van der Waals surface area contributed by atoms with E-state index in [1.807, 2.05) is 0 Å². The van der Waals surface area contributed by atoms with Crippen molar-refractivity contribution in [1.82, 2.24) is 15.5 Å². The summed E-state index contributed by atoms with van der Waals surface area (Å²) in [6, 6.07) is 0. The second kappa shape index (κ2) is 5.00. The van der Waals surface area contributed by atoms with Crippen LogP contribution < -0.4 is 5.32 Å². The number of hydrogen-bond donors (Lipinski definition) is 1. The predicted molar refractivity (Wildman–Crippen MR) is 69.4 cm³/mol. The molecule has 1 aromatic rings. The smallest absolute Gasteiger partial charge is 0.229 e. The summed E-state index contributed by atoms with van der Waals surface area (Å²) in [5.41, 5.74) is 0. The Morgan fingerprint density at radius 1 is 1.39 bits per heavy atom. The Kier molecular flexibility index (Phi) is 3.37. The van der Waals surface area contributed by atoms with E-state index < -0.39 is 0 Å². The van der Waals surface area contributed by atoms with Gasteiger partial charge in [-0.25, -0.2) is 0 Å². The number of hydrogen-bond acceptors (Lipinski definition) is 4. The van der Waals surface area contributed by atoms with E-state index in [9.17, 15) is 0 Å². The van der Waals surface area contributed by atoms with Gasteiger partial charge in [-0.1, -0.05) is 25.4 Å². The minimum Gasteiger partial charge on any atom is -0.339 e. The fourth-order valence-corrected chi connectivity index (χ4v) is 3.14. The van der Waals surface area contributed by atoms with Gasteiger partial charge in [0.05, 0.1) is 0 Å². The van der Waals surface area contributed by atoms with E-state index in [1.54, 1.807) is 0 Å². The lowest BCUT2D eigenvalue weighted by Crippen LogP contribution is -2.44. The molecule has 0 amide bonds. The topological polar surface area (TPSA) is 51.0 Å². The van der Waals surface area contributed by atoms with Crippen LogP contribution in [0.4, 0.5) is 0 Å². The Bertz CT molecular complexity index is 399. The molecule has 1 saturated carbocycles. The Labute approximate surface area is 109 Å². The molecule has 3 unspecified atom stereocenters. The van der Waals surface area contributed by atoms with Gasteiger partial charge >= 0.3 is 0 Å². The number of nitrogens with one attached hydrogen (secondary N) is 1. The van der Waals surface area contributed by atoms with Gasteiger partial charge in [0.1, 0.15) is 0 Å². The summed E-state index contributed by atoms with van der Waals surface area (Å²) in [7, 11) is 0. The summed E-state index contributed by atoms with van der Waals surface area (Å²) in [5.74, 6) is 4.28. The number of nitrogens with zero attached hydrogens (tertiary/aromatic N) is 2. The fourth-order valence-electron chi connectivity index (χ4n) is 3.14. The zero-order valence-electron chi connectivity index (χ0n) is 11.4. The highest BCUT2D eigenvalue weighted by atomic mass is 16.5. The SMILES string of the molecule is CCC1CCC(c2noc(C(C)C3CNC3)n2)C1. The summed E-state index contributed by atoms with van der Waals surface area (Å²) >= 11 is 0. The molecule has 0 bridgehead atoms. The van der Waals surface area contributed by atoms with Gasteiger partial charge in [-0.05, 0) is 44.2 Å². The Morgan fingerprint density at radius 2 is 2.22 bits per heavy atom. The molecule has 1 N–H and O–H groups in total. The molecule has 2 aliphatic rings. The summed E-state index contributed by atoms with van der Waals surface area (Å²) in [6.45, 7) is 6.65. The van der Waals surface area contributed by atoms with E-state index in [1.165, 1.54) is 25.7 Å². The van der Waals surface area contributed by atoms with Gasteiger partial charge < -0.3 is 9.84 Å². The molecule has 2 fully saturated rings. The molecule has 0 aromatic carbocycles. The molecule has 100 valence electrons. The first-order chi connectivity index (χ1) is 8.78. The van der Waals surface area contributed by atoms with Crippen LogP contribution in [0, 0.1) is 11.8 Å². The van der Waals surface area contributed by atoms with E-state index in [0.29, 0.717) is 17.8 Å². The minimum absolute atomic E-state index is 0.399. The molecule has 0 spiro atoms. The van der Waals surface area contributed by atoms with Gasteiger partial charge in [0.15, 0.2) is 5.82 Å². The highest BCUT2D eigenvalue weighted by molar-refractivity contribution is 5.03. The maximum atomic E-state index is 5.48. The molecule has 3 atom stereocenters. The van der Waals surface area contributed by atoms with Crippen molar-refractivity contribution in [3.8, 4) is 0 Å². The van der Waals surface area contributed by atoms with Crippen molar-refractivity contribution in [3.05, 3.63) is 11.7 Å². The molecular weight excluding hydrogens is 226 g/mol. The molecule has 4 heteroatoms. The molecule has 4 nitrogen and oxygen atoms in total. The van der Waals surface area contributed by atoms with Crippen molar-refractivity contribution in [2.24, 2.45) is 11.8 Å².